The Hall–Kier alpha value is -7.70. The maximum absolute atomic E-state index is 6.39. The molecule has 0 N–H and O–H groups in total. The molecule has 11 aromatic rings. The van der Waals surface area contributed by atoms with Gasteiger partial charge in [-0.25, -0.2) is 15.0 Å². The Morgan fingerprint density at radius 3 is 1.70 bits per heavy atom. The first-order chi connectivity index (χ1) is 27.7. The minimum Gasteiger partial charge on any atom is -0.456 e. The van der Waals surface area contributed by atoms with Gasteiger partial charge in [0, 0.05) is 62.7 Å². The highest BCUT2D eigenvalue weighted by Gasteiger charge is 2.18. The zero-order valence-corrected chi connectivity index (χ0v) is 30.0. The molecule has 6 heteroatoms. The van der Waals surface area contributed by atoms with E-state index in [-0.39, 0.29) is 0 Å². The minimum absolute atomic E-state index is 0.608. The third-order valence-corrected chi connectivity index (χ3v) is 10.6. The molecule has 11 rings (SSSR count). The average Bonchev–Trinajstić information content (AvgIpc) is 3.86. The lowest BCUT2D eigenvalue weighted by atomic mass is 9.96. The second kappa shape index (κ2) is 13.0. The number of hydrogen-bond acceptors (Lipinski definition) is 5. The zero-order valence-electron chi connectivity index (χ0n) is 30.0. The SMILES string of the molecule is c1ccc(-c2nc(-c3ccccc3)nc(-c3ccc4oc5ccc(-c6cccc(-c7cn(-c8ccncc8)c8ccc9ccccc9c78)c6)cc5c4c3)n2)cc1. The van der Waals surface area contributed by atoms with Crippen LogP contribution >= 0.6 is 0 Å². The summed E-state index contributed by atoms with van der Waals surface area (Å²) in [7, 11) is 0. The second-order valence-electron chi connectivity index (χ2n) is 13.9. The van der Waals surface area contributed by atoms with Gasteiger partial charge >= 0.3 is 0 Å². The van der Waals surface area contributed by atoms with E-state index in [0.717, 1.165) is 66.5 Å². The van der Waals surface area contributed by atoms with E-state index in [0.29, 0.717) is 17.5 Å². The summed E-state index contributed by atoms with van der Waals surface area (Å²) in [5.74, 6) is 1.87. The third kappa shape index (κ3) is 5.43. The van der Waals surface area contributed by atoms with Crippen molar-refractivity contribution in [3.05, 3.63) is 188 Å². The Kier molecular flexibility index (Phi) is 7.38. The molecule has 0 bridgehead atoms. The lowest BCUT2D eigenvalue weighted by Gasteiger charge is -2.08. The smallest absolute Gasteiger partial charge is 0.164 e. The molecular weight excluding hydrogens is 687 g/mol. The van der Waals surface area contributed by atoms with Crippen molar-refractivity contribution in [2.45, 2.75) is 0 Å². The van der Waals surface area contributed by atoms with Crippen molar-refractivity contribution in [2.24, 2.45) is 0 Å². The minimum atomic E-state index is 0.608. The van der Waals surface area contributed by atoms with E-state index in [2.05, 4.69) is 113 Å². The number of pyridine rings is 1. The van der Waals surface area contributed by atoms with Crippen LogP contribution in [0.3, 0.4) is 0 Å². The van der Waals surface area contributed by atoms with Crippen LogP contribution in [-0.2, 0) is 0 Å². The van der Waals surface area contributed by atoms with E-state index in [1.165, 1.54) is 21.7 Å². The molecule has 0 aliphatic carbocycles. The Balaban J connectivity index is 1.04. The van der Waals surface area contributed by atoms with Gasteiger partial charge in [0.25, 0.3) is 0 Å². The van der Waals surface area contributed by atoms with Crippen LogP contribution < -0.4 is 0 Å². The van der Waals surface area contributed by atoms with Crippen LogP contribution in [-0.4, -0.2) is 24.5 Å². The molecule has 0 aliphatic heterocycles. The Morgan fingerprint density at radius 2 is 0.982 bits per heavy atom. The first-order valence-corrected chi connectivity index (χ1v) is 18.6. The number of aromatic nitrogens is 5. The number of hydrogen-bond donors (Lipinski definition) is 0. The van der Waals surface area contributed by atoms with E-state index < -0.39 is 0 Å². The van der Waals surface area contributed by atoms with Gasteiger partial charge in [0.15, 0.2) is 17.5 Å². The second-order valence-corrected chi connectivity index (χ2v) is 13.9. The van der Waals surface area contributed by atoms with Crippen molar-refractivity contribution < 1.29 is 4.42 Å². The molecule has 0 saturated carbocycles. The van der Waals surface area contributed by atoms with Gasteiger partial charge in [0.2, 0.25) is 0 Å². The fourth-order valence-electron chi connectivity index (χ4n) is 7.84. The standard InChI is InChI=1S/C50H31N5O/c1-3-11-33(12-4-1)48-52-49(34-13-5-2-6-14-34)54-50(53-48)38-20-23-46-42(30-38)41-29-36(19-22-45(41)56-46)35-15-9-16-37(28-35)43-31-55(39-24-26-51-27-25-39)44-21-18-32-10-7-8-17-40(32)47(43)44/h1-31H. The first-order valence-electron chi connectivity index (χ1n) is 18.6. The van der Waals surface area contributed by atoms with E-state index in [1.54, 1.807) is 0 Å². The number of nitrogens with zero attached hydrogens (tertiary/aromatic N) is 5. The van der Waals surface area contributed by atoms with Crippen LogP contribution in [0, 0.1) is 0 Å². The monoisotopic (exact) mass is 717 g/mol. The molecule has 4 aromatic heterocycles. The van der Waals surface area contributed by atoms with Gasteiger partial charge in [-0.2, -0.15) is 0 Å². The van der Waals surface area contributed by atoms with Gasteiger partial charge in [-0.1, -0.05) is 115 Å². The van der Waals surface area contributed by atoms with Crippen molar-refractivity contribution in [1.29, 1.82) is 0 Å². The zero-order chi connectivity index (χ0) is 37.0. The molecule has 0 aliphatic rings. The van der Waals surface area contributed by atoms with E-state index in [9.17, 15) is 0 Å². The maximum atomic E-state index is 6.39. The quantitative estimate of drug-likeness (QED) is 0.171. The number of fused-ring (bicyclic) bond motifs is 6. The fraction of sp³-hybridized carbons (Fsp3) is 0. The Morgan fingerprint density at radius 1 is 0.411 bits per heavy atom. The summed E-state index contributed by atoms with van der Waals surface area (Å²) in [6.45, 7) is 0. The molecule has 7 aromatic carbocycles. The maximum Gasteiger partial charge on any atom is 0.164 e. The van der Waals surface area contributed by atoms with Crippen LogP contribution in [0.5, 0.6) is 0 Å². The molecule has 0 unspecified atom stereocenters. The van der Waals surface area contributed by atoms with Crippen molar-refractivity contribution >= 4 is 43.6 Å². The number of rotatable bonds is 6. The Bertz CT molecular complexity index is 3190. The van der Waals surface area contributed by atoms with Crippen molar-refractivity contribution in [1.82, 2.24) is 24.5 Å². The van der Waals surface area contributed by atoms with Crippen LogP contribution in [0.1, 0.15) is 0 Å². The van der Waals surface area contributed by atoms with E-state index >= 15 is 0 Å². The summed E-state index contributed by atoms with van der Waals surface area (Å²) in [6.07, 6.45) is 5.94. The molecule has 0 spiro atoms. The highest BCUT2D eigenvalue weighted by atomic mass is 16.3. The predicted molar refractivity (Wildman–Crippen MR) is 226 cm³/mol. The predicted octanol–water partition coefficient (Wildman–Crippen LogP) is 12.6. The highest BCUT2D eigenvalue weighted by molar-refractivity contribution is 6.14. The number of benzene rings is 7. The van der Waals surface area contributed by atoms with Crippen molar-refractivity contribution in [2.75, 3.05) is 0 Å². The largest absolute Gasteiger partial charge is 0.456 e. The third-order valence-electron chi connectivity index (χ3n) is 10.6. The van der Waals surface area contributed by atoms with Crippen molar-refractivity contribution in [3.8, 4) is 62.1 Å². The van der Waals surface area contributed by atoms with Gasteiger partial charge in [0.05, 0.1) is 5.52 Å². The highest BCUT2D eigenvalue weighted by Crippen LogP contribution is 2.40. The van der Waals surface area contributed by atoms with Crippen LogP contribution in [0.4, 0.5) is 0 Å². The van der Waals surface area contributed by atoms with Gasteiger partial charge in [-0.3, -0.25) is 4.98 Å². The average molecular weight is 718 g/mol. The first kappa shape index (κ1) is 31.8. The summed E-state index contributed by atoms with van der Waals surface area (Å²) in [4.78, 5) is 19.1. The van der Waals surface area contributed by atoms with Crippen LogP contribution in [0.2, 0.25) is 0 Å². The summed E-state index contributed by atoms with van der Waals surface area (Å²) >= 11 is 0. The molecule has 4 heterocycles. The summed E-state index contributed by atoms with van der Waals surface area (Å²) in [5, 5.41) is 5.71. The molecule has 0 amide bonds. The van der Waals surface area contributed by atoms with Gasteiger partial charge in [0.1, 0.15) is 11.2 Å². The molecule has 0 radical (unpaired) electrons. The molecule has 0 atom stereocenters. The summed E-state index contributed by atoms with van der Waals surface area (Å²) in [6, 6.07) is 58.7. The molecule has 0 saturated heterocycles. The Labute approximate surface area is 322 Å². The summed E-state index contributed by atoms with van der Waals surface area (Å²) in [5.41, 5.74) is 11.2. The van der Waals surface area contributed by atoms with Crippen LogP contribution in [0.15, 0.2) is 193 Å². The lowest BCUT2D eigenvalue weighted by Crippen LogP contribution is -2.00. The van der Waals surface area contributed by atoms with Gasteiger partial charge in [-0.05, 0) is 82.1 Å². The van der Waals surface area contributed by atoms with Gasteiger partial charge < -0.3 is 8.98 Å². The molecule has 262 valence electrons. The van der Waals surface area contributed by atoms with E-state index in [4.69, 9.17) is 19.4 Å². The van der Waals surface area contributed by atoms with Crippen LogP contribution in [0.25, 0.3) is 106 Å². The van der Waals surface area contributed by atoms with Gasteiger partial charge in [-0.15, -0.1) is 0 Å². The molecule has 0 fully saturated rings. The molecule has 6 nitrogen and oxygen atoms in total. The molecule has 56 heavy (non-hydrogen) atoms. The van der Waals surface area contributed by atoms with Crippen molar-refractivity contribution in [3.63, 3.8) is 0 Å². The molecular formula is C50H31N5O. The summed E-state index contributed by atoms with van der Waals surface area (Å²) < 4.78 is 8.66. The van der Waals surface area contributed by atoms with E-state index in [1.807, 2.05) is 85.2 Å². The fourth-order valence-corrected chi connectivity index (χ4v) is 7.84. The topological polar surface area (TPSA) is 69.6 Å². The lowest BCUT2D eigenvalue weighted by molar-refractivity contribution is 0.669. The normalized spacial score (nSPS) is 11.6. The number of furan rings is 1.